The molecule has 0 radical (unpaired) electrons. The molecule has 0 spiro atoms. The van der Waals surface area contributed by atoms with E-state index in [1.54, 1.807) is 0 Å². The molecule has 3 nitrogen and oxygen atoms in total. The molecule has 0 saturated carbocycles. The van der Waals surface area contributed by atoms with Crippen molar-refractivity contribution in [1.82, 2.24) is 0 Å². The van der Waals surface area contributed by atoms with Crippen molar-refractivity contribution in [1.29, 1.82) is 0 Å². The third-order valence-electron chi connectivity index (χ3n) is 2.90. The summed E-state index contributed by atoms with van der Waals surface area (Å²) >= 11 is 0. The SMILES string of the molecule is Cc1cccc(C)c1[C@@H](C)[C@@H]([NH3+])C(=O)[O-]. The van der Waals surface area contributed by atoms with Gasteiger partial charge in [-0.1, -0.05) is 25.1 Å². The Morgan fingerprint density at radius 3 is 2.20 bits per heavy atom. The van der Waals surface area contributed by atoms with Crippen molar-refractivity contribution in [3.05, 3.63) is 34.9 Å². The van der Waals surface area contributed by atoms with E-state index in [-0.39, 0.29) is 5.92 Å². The predicted octanol–water partition coefficient (Wildman–Crippen LogP) is -0.233. The van der Waals surface area contributed by atoms with Crippen molar-refractivity contribution >= 4 is 5.97 Å². The van der Waals surface area contributed by atoms with Crippen LogP contribution in [0.25, 0.3) is 0 Å². The van der Waals surface area contributed by atoms with Gasteiger partial charge in [-0.3, -0.25) is 0 Å². The molecule has 1 rings (SSSR count). The molecular formula is C12H17NO2. The van der Waals surface area contributed by atoms with Gasteiger partial charge < -0.3 is 15.6 Å². The first-order valence-electron chi connectivity index (χ1n) is 5.05. The number of benzene rings is 1. The maximum atomic E-state index is 10.8. The lowest BCUT2D eigenvalue weighted by atomic mass is 9.87. The van der Waals surface area contributed by atoms with Crippen LogP contribution in [0, 0.1) is 13.8 Å². The van der Waals surface area contributed by atoms with Crippen molar-refractivity contribution in [3.8, 4) is 0 Å². The maximum Gasteiger partial charge on any atom is 0.131 e. The van der Waals surface area contributed by atoms with E-state index in [0.29, 0.717) is 0 Å². The van der Waals surface area contributed by atoms with Crippen molar-refractivity contribution in [2.75, 3.05) is 0 Å². The summed E-state index contributed by atoms with van der Waals surface area (Å²) in [4.78, 5) is 10.8. The summed E-state index contributed by atoms with van der Waals surface area (Å²) in [6, 6.07) is 5.24. The lowest BCUT2D eigenvalue weighted by molar-refractivity contribution is -0.441. The predicted molar refractivity (Wildman–Crippen MR) is 56.0 cm³/mol. The first-order valence-corrected chi connectivity index (χ1v) is 5.05. The highest BCUT2D eigenvalue weighted by Gasteiger charge is 2.22. The van der Waals surface area contributed by atoms with Crippen molar-refractivity contribution in [2.24, 2.45) is 0 Å². The smallest absolute Gasteiger partial charge is 0.131 e. The van der Waals surface area contributed by atoms with E-state index in [1.807, 2.05) is 39.0 Å². The Morgan fingerprint density at radius 1 is 1.33 bits per heavy atom. The molecule has 2 atom stereocenters. The fourth-order valence-corrected chi connectivity index (χ4v) is 1.95. The summed E-state index contributed by atoms with van der Waals surface area (Å²) in [5.41, 5.74) is 6.92. The molecule has 0 saturated heterocycles. The molecule has 82 valence electrons. The zero-order valence-corrected chi connectivity index (χ0v) is 9.41. The molecule has 0 fully saturated rings. The largest absolute Gasteiger partial charge is 0.544 e. The summed E-state index contributed by atoms with van der Waals surface area (Å²) in [6.45, 7) is 5.85. The second-order valence-corrected chi connectivity index (χ2v) is 4.02. The summed E-state index contributed by atoms with van der Waals surface area (Å²) < 4.78 is 0. The number of carboxylic acids is 1. The number of hydrogen-bond acceptors (Lipinski definition) is 2. The van der Waals surface area contributed by atoms with Gasteiger partial charge in [-0.05, 0) is 30.5 Å². The monoisotopic (exact) mass is 207 g/mol. The number of hydrogen-bond donors (Lipinski definition) is 1. The Balaban J connectivity index is 3.10. The molecule has 15 heavy (non-hydrogen) atoms. The van der Waals surface area contributed by atoms with Crippen molar-refractivity contribution in [2.45, 2.75) is 32.7 Å². The van der Waals surface area contributed by atoms with Crippen LogP contribution in [0.4, 0.5) is 0 Å². The Labute approximate surface area is 89.9 Å². The van der Waals surface area contributed by atoms with Crippen LogP contribution in [0.15, 0.2) is 18.2 Å². The minimum atomic E-state index is -1.09. The fraction of sp³-hybridized carbons (Fsp3) is 0.417. The van der Waals surface area contributed by atoms with Crippen molar-refractivity contribution in [3.63, 3.8) is 0 Å². The molecule has 0 aliphatic rings. The zero-order valence-electron chi connectivity index (χ0n) is 9.41. The van der Waals surface area contributed by atoms with E-state index >= 15 is 0 Å². The minimum absolute atomic E-state index is 0.115. The van der Waals surface area contributed by atoms with E-state index in [9.17, 15) is 9.90 Å². The van der Waals surface area contributed by atoms with Gasteiger partial charge in [0.1, 0.15) is 6.04 Å². The first-order chi connectivity index (χ1) is 6.95. The lowest BCUT2D eigenvalue weighted by Crippen LogP contribution is -2.70. The number of carbonyl (C=O) groups is 1. The Bertz CT molecular complexity index is 354. The van der Waals surface area contributed by atoms with Crippen LogP contribution in [-0.4, -0.2) is 12.0 Å². The quantitative estimate of drug-likeness (QED) is 0.743. The van der Waals surface area contributed by atoms with Crippen LogP contribution < -0.4 is 10.8 Å². The average Bonchev–Trinajstić information content (AvgIpc) is 2.15. The molecule has 3 N–H and O–H groups in total. The fourth-order valence-electron chi connectivity index (χ4n) is 1.95. The number of aryl methyl sites for hydroxylation is 2. The first kappa shape index (κ1) is 11.7. The molecule has 1 aromatic carbocycles. The van der Waals surface area contributed by atoms with Crippen LogP contribution in [-0.2, 0) is 4.79 Å². The Kier molecular flexibility index (Phi) is 3.48. The van der Waals surface area contributed by atoms with E-state index in [1.165, 1.54) is 0 Å². The van der Waals surface area contributed by atoms with Gasteiger partial charge in [0.2, 0.25) is 0 Å². The van der Waals surface area contributed by atoms with Crippen LogP contribution in [0.2, 0.25) is 0 Å². The topological polar surface area (TPSA) is 67.8 Å². The average molecular weight is 207 g/mol. The number of quaternary nitrogens is 1. The summed E-state index contributed by atoms with van der Waals surface area (Å²) in [5, 5.41) is 10.8. The highest BCUT2D eigenvalue weighted by Crippen LogP contribution is 2.24. The molecule has 0 bridgehead atoms. The number of carboxylic acid groups (broad SMARTS) is 1. The molecule has 0 unspecified atom stereocenters. The van der Waals surface area contributed by atoms with Gasteiger partial charge in [0.05, 0.1) is 5.97 Å². The van der Waals surface area contributed by atoms with Crippen molar-refractivity contribution < 1.29 is 15.6 Å². The van der Waals surface area contributed by atoms with Crippen LogP contribution in [0.5, 0.6) is 0 Å². The van der Waals surface area contributed by atoms with Gasteiger partial charge in [0.15, 0.2) is 0 Å². The van der Waals surface area contributed by atoms with Gasteiger partial charge in [-0.15, -0.1) is 0 Å². The third-order valence-corrected chi connectivity index (χ3v) is 2.90. The van der Waals surface area contributed by atoms with E-state index in [2.05, 4.69) is 5.73 Å². The molecule has 0 heterocycles. The van der Waals surface area contributed by atoms with Crippen LogP contribution in [0.1, 0.15) is 29.5 Å². The van der Waals surface area contributed by atoms with E-state index in [4.69, 9.17) is 0 Å². The second-order valence-electron chi connectivity index (χ2n) is 4.02. The standard InChI is InChI=1S/C12H17NO2/c1-7-5-4-6-8(2)10(7)9(3)11(13)12(14)15/h4-6,9,11H,13H2,1-3H3,(H,14,15)/t9-,11-/m1/s1. The van der Waals surface area contributed by atoms with E-state index < -0.39 is 12.0 Å². The molecule has 0 aromatic heterocycles. The minimum Gasteiger partial charge on any atom is -0.544 e. The van der Waals surface area contributed by atoms with Crippen LogP contribution in [0.3, 0.4) is 0 Å². The molecule has 0 amide bonds. The molecule has 0 aliphatic heterocycles. The van der Waals surface area contributed by atoms with Gasteiger partial charge in [0.25, 0.3) is 0 Å². The van der Waals surface area contributed by atoms with E-state index in [0.717, 1.165) is 16.7 Å². The van der Waals surface area contributed by atoms with Gasteiger partial charge in [-0.25, -0.2) is 0 Å². The Hall–Kier alpha value is -1.35. The number of aliphatic carboxylic acids is 1. The Morgan fingerprint density at radius 2 is 1.80 bits per heavy atom. The van der Waals surface area contributed by atoms with Crippen LogP contribution >= 0.6 is 0 Å². The highest BCUT2D eigenvalue weighted by molar-refractivity contribution is 5.71. The van der Waals surface area contributed by atoms with Gasteiger partial charge in [-0.2, -0.15) is 0 Å². The molecular weight excluding hydrogens is 190 g/mol. The lowest BCUT2D eigenvalue weighted by Gasteiger charge is -2.21. The zero-order chi connectivity index (χ0) is 11.6. The summed E-state index contributed by atoms with van der Waals surface area (Å²) in [6.07, 6.45) is 0. The number of rotatable bonds is 3. The summed E-state index contributed by atoms with van der Waals surface area (Å²) in [7, 11) is 0. The maximum absolute atomic E-state index is 10.8. The molecule has 0 aliphatic carbocycles. The van der Waals surface area contributed by atoms with Gasteiger partial charge in [0, 0.05) is 5.92 Å². The normalized spacial score (nSPS) is 14.7. The highest BCUT2D eigenvalue weighted by atomic mass is 16.4. The third kappa shape index (κ3) is 2.36. The second kappa shape index (κ2) is 4.45. The molecule has 1 aromatic rings. The van der Waals surface area contributed by atoms with Gasteiger partial charge >= 0.3 is 0 Å². The molecule has 3 heteroatoms. The summed E-state index contributed by atoms with van der Waals surface area (Å²) in [5.74, 6) is -1.21. The number of carbonyl (C=O) groups excluding carboxylic acids is 1.